The Balaban J connectivity index is 1.85. The van der Waals surface area contributed by atoms with Crippen LogP contribution in [0.3, 0.4) is 0 Å². The second-order valence-electron chi connectivity index (χ2n) is 10.1. The monoisotopic (exact) mass is 565 g/mol. The van der Waals surface area contributed by atoms with Gasteiger partial charge < -0.3 is 15.0 Å². The van der Waals surface area contributed by atoms with Crippen molar-refractivity contribution in [3.63, 3.8) is 0 Å². The number of ether oxygens (including phenoxy) is 1. The van der Waals surface area contributed by atoms with Gasteiger partial charge in [-0.2, -0.15) is 0 Å². The lowest BCUT2D eigenvalue weighted by Crippen LogP contribution is -2.53. The predicted octanol–water partition coefficient (Wildman–Crippen LogP) is 4.67. The van der Waals surface area contributed by atoms with Gasteiger partial charge in [0.05, 0.1) is 11.9 Å². The number of carbonyl (C=O) groups excluding carboxylic acids is 2. The number of benzene rings is 3. The number of hydrogen-bond donors (Lipinski definition) is 1. The molecule has 3 rings (SSSR count). The summed E-state index contributed by atoms with van der Waals surface area (Å²) in [5.41, 5.74) is 3.26. The molecule has 0 radical (unpaired) electrons. The van der Waals surface area contributed by atoms with Gasteiger partial charge in [0.15, 0.2) is 0 Å². The van der Waals surface area contributed by atoms with Crippen LogP contribution in [0, 0.1) is 6.92 Å². The lowest BCUT2D eigenvalue weighted by molar-refractivity contribution is -0.140. The molecule has 40 heavy (non-hydrogen) atoms. The zero-order chi connectivity index (χ0) is 29.3. The Morgan fingerprint density at radius 1 is 0.900 bits per heavy atom. The Kier molecular flexibility index (Phi) is 10.7. The Labute approximate surface area is 238 Å². The van der Waals surface area contributed by atoms with E-state index in [9.17, 15) is 18.0 Å². The molecular weight excluding hydrogens is 526 g/mol. The highest BCUT2D eigenvalue weighted by atomic mass is 32.2. The summed E-state index contributed by atoms with van der Waals surface area (Å²) < 4.78 is 32.6. The molecule has 0 bridgehead atoms. The number of nitrogens with one attached hydrogen (secondary N) is 1. The number of hydrogen-bond acceptors (Lipinski definition) is 5. The van der Waals surface area contributed by atoms with Crippen LogP contribution >= 0.6 is 0 Å². The lowest BCUT2D eigenvalue weighted by atomic mass is 10.1. The first kappa shape index (κ1) is 30.7. The van der Waals surface area contributed by atoms with Crippen molar-refractivity contribution in [1.82, 2.24) is 10.2 Å². The molecule has 0 aliphatic rings. The molecule has 0 saturated carbocycles. The van der Waals surface area contributed by atoms with Gasteiger partial charge in [-0.1, -0.05) is 67.1 Å². The quantitative estimate of drug-likeness (QED) is 0.325. The number of rotatable bonds is 13. The van der Waals surface area contributed by atoms with Crippen molar-refractivity contribution < 1.29 is 22.7 Å². The minimum Gasteiger partial charge on any atom is -0.489 e. The Morgan fingerprint density at radius 3 is 2.08 bits per heavy atom. The molecule has 2 amide bonds. The number of amides is 2. The summed E-state index contributed by atoms with van der Waals surface area (Å²) in [6.07, 6.45) is 1.44. The van der Waals surface area contributed by atoms with Gasteiger partial charge in [-0.25, -0.2) is 8.42 Å². The van der Waals surface area contributed by atoms with Gasteiger partial charge in [0.25, 0.3) is 0 Å². The molecule has 3 aromatic rings. The van der Waals surface area contributed by atoms with E-state index in [-0.39, 0.29) is 18.5 Å². The third kappa shape index (κ3) is 8.84. The van der Waals surface area contributed by atoms with Crippen LogP contribution < -0.4 is 14.4 Å². The smallest absolute Gasteiger partial charge is 0.244 e. The first-order valence-electron chi connectivity index (χ1n) is 13.4. The van der Waals surface area contributed by atoms with Gasteiger partial charge >= 0.3 is 0 Å². The van der Waals surface area contributed by atoms with Crippen LogP contribution in [-0.4, -0.2) is 50.0 Å². The van der Waals surface area contributed by atoms with Gasteiger partial charge in [0.1, 0.15) is 24.9 Å². The van der Waals surface area contributed by atoms with Crippen molar-refractivity contribution in [3.8, 4) is 5.75 Å². The van der Waals surface area contributed by atoms with Crippen LogP contribution in [0.5, 0.6) is 5.75 Å². The number of carbonyl (C=O) groups is 2. The first-order chi connectivity index (χ1) is 19.0. The summed E-state index contributed by atoms with van der Waals surface area (Å²) in [6.45, 7) is 7.62. The average Bonchev–Trinajstić information content (AvgIpc) is 2.91. The van der Waals surface area contributed by atoms with E-state index in [1.165, 1.54) is 4.90 Å². The van der Waals surface area contributed by atoms with Crippen LogP contribution in [0.15, 0.2) is 78.9 Å². The third-order valence-electron chi connectivity index (χ3n) is 6.34. The highest BCUT2D eigenvalue weighted by Crippen LogP contribution is 2.23. The number of sulfonamides is 1. The first-order valence-corrected chi connectivity index (χ1v) is 15.2. The van der Waals surface area contributed by atoms with Gasteiger partial charge in [0.2, 0.25) is 21.8 Å². The number of anilines is 1. The Bertz CT molecular complexity index is 1360. The molecule has 3 aromatic carbocycles. The van der Waals surface area contributed by atoms with Crippen molar-refractivity contribution in [3.05, 3.63) is 95.6 Å². The average molecular weight is 566 g/mol. The summed E-state index contributed by atoms with van der Waals surface area (Å²) in [4.78, 5) is 28.3. The summed E-state index contributed by atoms with van der Waals surface area (Å²) in [6, 6.07) is 23.1. The maximum Gasteiger partial charge on any atom is 0.244 e. The number of nitrogens with zero attached hydrogens (tertiary/aromatic N) is 2. The van der Waals surface area contributed by atoms with E-state index in [1.807, 2.05) is 82.3 Å². The van der Waals surface area contributed by atoms with Crippen LogP contribution in [0.2, 0.25) is 0 Å². The summed E-state index contributed by atoms with van der Waals surface area (Å²) in [5, 5.41) is 2.89. The fraction of sp³-hybridized carbons (Fsp3) is 0.355. The topological polar surface area (TPSA) is 96.0 Å². The maximum absolute atomic E-state index is 13.8. The Morgan fingerprint density at radius 2 is 1.52 bits per heavy atom. The fourth-order valence-corrected chi connectivity index (χ4v) is 5.10. The molecule has 8 nitrogen and oxygen atoms in total. The van der Waals surface area contributed by atoms with Crippen molar-refractivity contribution in [1.29, 1.82) is 0 Å². The van der Waals surface area contributed by atoms with Crippen molar-refractivity contribution in [2.24, 2.45) is 0 Å². The standard InChI is InChI=1S/C31H39N3O5S/c1-6-29(31(36)32-23(2)3)33(20-25-14-12-24(4)13-15-25)30(35)21-34(40(5,37)38)27-16-18-28(19-17-27)39-22-26-10-8-7-9-11-26/h7-19,23,29H,6,20-22H2,1-5H3,(H,32,36)/t29-/m0/s1. The molecule has 0 fully saturated rings. The largest absolute Gasteiger partial charge is 0.489 e. The van der Waals surface area contributed by atoms with Gasteiger partial charge in [-0.05, 0) is 62.6 Å². The van der Waals surface area contributed by atoms with E-state index in [1.54, 1.807) is 24.3 Å². The van der Waals surface area contributed by atoms with Crippen molar-refractivity contribution in [2.45, 2.75) is 59.4 Å². The molecule has 0 heterocycles. The number of aryl methyl sites for hydroxylation is 1. The molecule has 0 spiro atoms. The molecule has 214 valence electrons. The maximum atomic E-state index is 13.8. The molecular formula is C31H39N3O5S. The second-order valence-corrected chi connectivity index (χ2v) is 12.0. The zero-order valence-electron chi connectivity index (χ0n) is 23.8. The molecule has 0 aliphatic heterocycles. The summed E-state index contributed by atoms with van der Waals surface area (Å²) in [7, 11) is -3.82. The van der Waals surface area contributed by atoms with Gasteiger partial charge in [0, 0.05) is 12.6 Å². The van der Waals surface area contributed by atoms with Crippen molar-refractivity contribution >= 4 is 27.5 Å². The van der Waals surface area contributed by atoms with E-state index in [4.69, 9.17) is 4.74 Å². The van der Waals surface area contributed by atoms with Crippen LogP contribution in [0.4, 0.5) is 5.69 Å². The Hall–Kier alpha value is -3.85. The molecule has 0 aliphatic carbocycles. The zero-order valence-corrected chi connectivity index (χ0v) is 24.6. The van der Waals surface area contributed by atoms with E-state index in [2.05, 4.69) is 5.32 Å². The van der Waals surface area contributed by atoms with Crippen LogP contribution in [0.1, 0.15) is 43.9 Å². The minimum atomic E-state index is -3.82. The lowest BCUT2D eigenvalue weighted by Gasteiger charge is -2.33. The molecule has 0 saturated heterocycles. The summed E-state index contributed by atoms with van der Waals surface area (Å²) >= 11 is 0. The molecule has 0 unspecified atom stereocenters. The fourth-order valence-electron chi connectivity index (χ4n) is 4.25. The normalized spacial score (nSPS) is 12.1. The highest BCUT2D eigenvalue weighted by Gasteiger charge is 2.32. The summed E-state index contributed by atoms with van der Waals surface area (Å²) in [5.74, 6) is -0.172. The van der Waals surface area contributed by atoms with Crippen molar-refractivity contribution in [2.75, 3.05) is 17.1 Å². The van der Waals surface area contributed by atoms with Gasteiger partial charge in [-0.15, -0.1) is 0 Å². The molecule has 0 aromatic heterocycles. The molecule has 1 atom stereocenters. The van der Waals surface area contributed by atoms with E-state index in [0.29, 0.717) is 24.5 Å². The van der Waals surface area contributed by atoms with E-state index >= 15 is 0 Å². The third-order valence-corrected chi connectivity index (χ3v) is 7.48. The molecule has 9 heteroatoms. The second kappa shape index (κ2) is 14.0. The van der Waals surface area contributed by atoms with E-state index in [0.717, 1.165) is 27.3 Å². The van der Waals surface area contributed by atoms with E-state index < -0.39 is 28.5 Å². The van der Waals surface area contributed by atoms with Crippen LogP contribution in [-0.2, 0) is 32.8 Å². The minimum absolute atomic E-state index is 0.104. The highest BCUT2D eigenvalue weighted by molar-refractivity contribution is 7.92. The SMILES string of the molecule is CC[C@@H](C(=O)NC(C)C)N(Cc1ccc(C)cc1)C(=O)CN(c1ccc(OCc2ccccc2)cc1)S(C)(=O)=O. The van der Waals surface area contributed by atoms with Crippen LogP contribution in [0.25, 0.3) is 0 Å². The van der Waals surface area contributed by atoms with Gasteiger partial charge in [-0.3, -0.25) is 13.9 Å². The predicted molar refractivity (Wildman–Crippen MR) is 158 cm³/mol. The molecule has 1 N–H and O–H groups in total.